The van der Waals surface area contributed by atoms with Crippen LogP contribution in [0.25, 0.3) is 0 Å². The minimum atomic E-state index is -0.631. The summed E-state index contributed by atoms with van der Waals surface area (Å²) >= 11 is 5.05. The molecule has 1 aromatic carbocycles. The molecular weight excluding hydrogens is 378 g/mol. The first kappa shape index (κ1) is 16.1. The van der Waals surface area contributed by atoms with E-state index in [0.717, 1.165) is 8.66 Å². The molecule has 0 aliphatic carbocycles. The number of para-hydroxylation sites is 2. The minimum Gasteiger partial charge on any atom is -0.485 e. The lowest BCUT2D eigenvalue weighted by Crippen LogP contribution is -2.46. The number of fused-ring (bicyclic) bond motifs is 1. The normalized spacial score (nSPS) is 16.0. The quantitative estimate of drug-likeness (QED) is 0.723. The highest BCUT2D eigenvalue weighted by atomic mass is 79.9. The molecule has 0 radical (unpaired) electrons. The van der Waals surface area contributed by atoms with Crippen LogP contribution in [-0.4, -0.2) is 30.1 Å². The summed E-state index contributed by atoms with van der Waals surface area (Å²) in [5.74, 6) is 1.19. The van der Waals surface area contributed by atoms with E-state index >= 15 is 0 Å². The Hall–Kier alpha value is -1.79. The molecule has 0 N–H and O–H groups in total. The van der Waals surface area contributed by atoms with Crippen LogP contribution in [0.4, 0.5) is 0 Å². The number of benzene rings is 1. The Morgan fingerprint density at radius 1 is 1.35 bits per heavy atom. The van der Waals surface area contributed by atoms with E-state index in [2.05, 4.69) is 22.5 Å². The van der Waals surface area contributed by atoms with Gasteiger partial charge in [-0.2, -0.15) is 0 Å². The van der Waals surface area contributed by atoms with Gasteiger partial charge in [0, 0.05) is 11.4 Å². The van der Waals surface area contributed by atoms with Crippen LogP contribution in [0.2, 0.25) is 0 Å². The van der Waals surface area contributed by atoms with Gasteiger partial charge in [0.1, 0.15) is 6.61 Å². The summed E-state index contributed by atoms with van der Waals surface area (Å²) in [4.78, 5) is 15.6. The SMILES string of the molecule is C=CCN(Cc1ccc(Br)s1)C(=O)[C@H]1COc2ccccc2O1. The first-order chi connectivity index (χ1) is 11.2. The smallest absolute Gasteiger partial charge is 0.267 e. The Morgan fingerprint density at radius 2 is 2.13 bits per heavy atom. The number of hydrogen-bond donors (Lipinski definition) is 0. The average Bonchev–Trinajstić information content (AvgIpc) is 2.98. The van der Waals surface area contributed by atoms with E-state index < -0.39 is 6.10 Å². The highest BCUT2D eigenvalue weighted by Gasteiger charge is 2.30. The van der Waals surface area contributed by atoms with Gasteiger partial charge in [-0.05, 0) is 40.2 Å². The number of rotatable bonds is 5. The molecule has 2 heterocycles. The predicted molar refractivity (Wildman–Crippen MR) is 94.0 cm³/mol. The molecule has 0 bridgehead atoms. The first-order valence-corrected chi connectivity index (χ1v) is 8.80. The van der Waals surface area contributed by atoms with E-state index in [4.69, 9.17) is 9.47 Å². The van der Waals surface area contributed by atoms with Crippen molar-refractivity contribution in [3.8, 4) is 11.5 Å². The highest BCUT2D eigenvalue weighted by Crippen LogP contribution is 2.31. The van der Waals surface area contributed by atoms with E-state index in [1.54, 1.807) is 22.3 Å². The van der Waals surface area contributed by atoms with Gasteiger partial charge in [0.05, 0.1) is 10.3 Å². The van der Waals surface area contributed by atoms with Crippen LogP contribution in [0.15, 0.2) is 52.8 Å². The van der Waals surface area contributed by atoms with Gasteiger partial charge in [0.15, 0.2) is 11.5 Å². The molecule has 0 fully saturated rings. The fourth-order valence-electron chi connectivity index (χ4n) is 2.36. The van der Waals surface area contributed by atoms with Crippen molar-refractivity contribution < 1.29 is 14.3 Å². The van der Waals surface area contributed by atoms with Gasteiger partial charge in [0.25, 0.3) is 5.91 Å². The van der Waals surface area contributed by atoms with Crippen molar-refractivity contribution in [2.75, 3.05) is 13.2 Å². The predicted octanol–water partition coefficient (Wildman–Crippen LogP) is 3.87. The molecule has 1 aliphatic heterocycles. The maximum Gasteiger partial charge on any atom is 0.267 e. The van der Waals surface area contributed by atoms with Crippen molar-refractivity contribution in [3.63, 3.8) is 0 Å². The molecule has 23 heavy (non-hydrogen) atoms. The van der Waals surface area contributed by atoms with E-state index in [1.807, 2.05) is 36.4 Å². The van der Waals surface area contributed by atoms with Crippen molar-refractivity contribution in [2.45, 2.75) is 12.6 Å². The molecule has 120 valence electrons. The zero-order chi connectivity index (χ0) is 16.2. The molecule has 4 nitrogen and oxygen atoms in total. The zero-order valence-electron chi connectivity index (χ0n) is 12.4. The average molecular weight is 394 g/mol. The largest absolute Gasteiger partial charge is 0.485 e. The second-order valence-electron chi connectivity index (χ2n) is 5.08. The van der Waals surface area contributed by atoms with Crippen LogP contribution in [-0.2, 0) is 11.3 Å². The van der Waals surface area contributed by atoms with E-state index in [1.165, 1.54) is 0 Å². The summed E-state index contributed by atoms with van der Waals surface area (Å²) in [6.45, 7) is 4.96. The number of thiophene rings is 1. The topological polar surface area (TPSA) is 38.8 Å². The Balaban J connectivity index is 1.72. The number of carbonyl (C=O) groups is 1. The van der Waals surface area contributed by atoms with E-state index in [9.17, 15) is 4.79 Å². The van der Waals surface area contributed by atoms with E-state index in [0.29, 0.717) is 24.6 Å². The maximum absolute atomic E-state index is 12.8. The van der Waals surface area contributed by atoms with Gasteiger partial charge >= 0.3 is 0 Å². The van der Waals surface area contributed by atoms with Crippen LogP contribution in [0.3, 0.4) is 0 Å². The molecule has 2 aromatic rings. The Kier molecular flexibility index (Phi) is 5.03. The van der Waals surface area contributed by atoms with Gasteiger partial charge in [-0.15, -0.1) is 17.9 Å². The van der Waals surface area contributed by atoms with Crippen LogP contribution >= 0.6 is 27.3 Å². The number of ether oxygens (including phenoxy) is 2. The summed E-state index contributed by atoms with van der Waals surface area (Å²) < 4.78 is 12.5. The Bertz CT molecular complexity index is 715. The fraction of sp³-hybridized carbons (Fsp3) is 0.235. The Labute approximate surface area is 147 Å². The lowest BCUT2D eigenvalue weighted by molar-refractivity contribution is -0.141. The maximum atomic E-state index is 12.8. The number of nitrogens with zero attached hydrogens (tertiary/aromatic N) is 1. The van der Waals surface area contributed by atoms with Crippen molar-refractivity contribution in [1.82, 2.24) is 4.90 Å². The molecule has 0 saturated heterocycles. The van der Waals surface area contributed by atoms with Gasteiger partial charge in [-0.3, -0.25) is 4.79 Å². The van der Waals surface area contributed by atoms with Crippen molar-refractivity contribution >= 4 is 33.2 Å². The van der Waals surface area contributed by atoms with Crippen LogP contribution < -0.4 is 9.47 Å². The molecule has 1 amide bonds. The number of halogens is 1. The fourth-order valence-corrected chi connectivity index (χ4v) is 3.86. The van der Waals surface area contributed by atoms with Crippen molar-refractivity contribution in [2.24, 2.45) is 0 Å². The Morgan fingerprint density at radius 3 is 2.83 bits per heavy atom. The summed E-state index contributed by atoms with van der Waals surface area (Å²) in [5, 5.41) is 0. The monoisotopic (exact) mass is 393 g/mol. The van der Waals surface area contributed by atoms with Crippen LogP contribution in [0.1, 0.15) is 4.88 Å². The van der Waals surface area contributed by atoms with Crippen molar-refractivity contribution in [3.05, 3.63) is 57.7 Å². The third kappa shape index (κ3) is 3.76. The second-order valence-corrected chi connectivity index (χ2v) is 7.63. The molecule has 1 aliphatic rings. The molecule has 1 aromatic heterocycles. The second kappa shape index (κ2) is 7.19. The summed E-state index contributed by atoms with van der Waals surface area (Å²) in [6.07, 6.45) is 1.09. The minimum absolute atomic E-state index is 0.0936. The van der Waals surface area contributed by atoms with Crippen LogP contribution in [0.5, 0.6) is 11.5 Å². The zero-order valence-corrected chi connectivity index (χ0v) is 14.8. The number of amides is 1. The summed E-state index contributed by atoms with van der Waals surface area (Å²) in [7, 11) is 0. The lowest BCUT2D eigenvalue weighted by Gasteiger charge is -2.30. The summed E-state index contributed by atoms with van der Waals surface area (Å²) in [6, 6.07) is 11.4. The summed E-state index contributed by atoms with van der Waals surface area (Å²) in [5.41, 5.74) is 0. The first-order valence-electron chi connectivity index (χ1n) is 7.20. The molecule has 0 unspecified atom stereocenters. The molecule has 6 heteroatoms. The molecule has 0 spiro atoms. The molecule has 3 rings (SSSR count). The number of hydrogen-bond acceptors (Lipinski definition) is 4. The molecule has 0 saturated carbocycles. The number of carbonyl (C=O) groups excluding carboxylic acids is 1. The van der Waals surface area contributed by atoms with Gasteiger partial charge in [0.2, 0.25) is 6.10 Å². The van der Waals surface area contributed by atoms with Gasteiger partial charge in [-0.25, -0.2) is 0 Å². The highest BCUT2D eigenvalue weighted by molar-refractivity contribution is 9.11. The van der Waals surface area contributed by atoms with Crippen molar-refractivity contribution in [1.29, 1.82) is 0 Å². The van der Waals surface area contributed by atoms with Gasteiger partial charge < -0.3 is 14.4 Å². The standard InChI is InChI=1S/C17H16BrNO3S/c1-2-9-19(10-12-7-8-16(18)23-12)17(20)15-11-21-13-5-3-4-6-14(13)22-15/h2-8,15H,1,9-11H2/t15-/m1/s1. The third-order valence-corrected chi connectivity index (χ3v) is 5.03. The van der Waals surface area contributed by atoms with Crippen LogP contribution in [0, 0.1) is 0 Å². The third-order valence-electron chi connectivity index (χ3n) is 3.42. The lowest BCUT2D eigenvalue weighted by atomic mass is 10.2. The van der Waals surface area contributed by atoms with Gasteiger partial charge in [-0.1, -0.05) is 18.2 Å². The molecule has 1 atom stereocenters. The molecular formula is C17H16BrNO3S. The van der Waals surface area contributed by atoms with E-state index in [-0.39, 0.29) is 12.5 Å².